The van der Waals surface area contributed by atoms with Gasteiger partial charge in [0.15, 0.2) is 5.75 Å². The summed E-state index contributed by atoms with van der Waals surface area (Å²) in [5.41, 5.74) is 6.67. The van der Waals surface area contributed by atoms with Gasteiger partial charge in [0.05, 0.1) is 11.4 Å². The van der Waals surface area contributed by atoms with Gasteiger partial charge < -0.3 is 15.0 Å². The maximum atomic E-state index is 13.0. The Morgan fingerprint density at radius 2 is 1.67 bits per heavy atom. The van der Waals surface area contributed by atoms with Crippen molar-refractivity contribution in [3.05, 3.63) is 96.1 Å². The maximum absolute atomic E-state index is 13.0. The van der Waals surface area contributed by atoms with Crippen molar-refractivity contribution in [2.45, 2.75) is 25.4 Å². The molecular weight excluding hydrogens is 414 g/mol. The lowest BCUT2D eigenvalue weighted by atomic mass is 9.90. The molecule has 2 aliphatic heterocycles. The molecule has 0 aliphatic carbocycles. The fourth-order valence-corrected chi connectivity index (χ4v) is 4.16. The van der Waals surface area contributed by atoms with Crippen molar-refractivity contribution in [1.82, 2.24) is 10.4 Å². The van der Waals surface area contributed by atoms with E-state index in [2.05, 4.69) is 48.1 Å². The van der Waals surface area contributed by atoms with E-state index in [0.717, 1.165) is 29.9 Å². The van der Waals surface area contributed by atoms with Crippen LogP contribution in [0.2, 0.25) is 0 Å². The SMILES string of the molecule is Cc1ccc(C2=CC3(CCN(C(=O)Nc4ccccc4Oc4ccccc4)CC3)ON2)cc1. The van der Waals surface area contributed by atoms with Gasteiger partial charge in [0.1, 0.15) is 11.4 Å². The Kier molecular flexibility index (Phi) is 5.75. The normalized spacial score (nSPS) is 16.8. The molecule has 0 bridgehead atoms. The molecule has 0 aromatic heterocycles. The Balaban J connectivity index is 1.22. The number of hydrogen-bond donors (Lipinski definition) is 2. The third-order valence-electron chi connectivity index (χ3n) is 6.13. The summed E-state index contributed by atoms with van der Waals surface area (Å²) in [6, 6.07) is 25.2. The number of likely N-dealkylation sites (tertiary alicyclic amines) is 1. The number of piperidine rings is 1. The molecule has 2 N–H and O–H groups in total. The van der Waals surface area contributed by atoms with E-state index < -0.39 is 0 Å². The molecular formula is C27H27N3O3. The number of carbonyl (C=O) groups is 1. The van der Waals surface area contributed by atoms with E-state index in [-0.39, 0.29) is 11.6 Å². The molecule has 5 rings (SSSR count). The number of para-hydroxylation sites is 3. The van der Waals surface area contributed by atoms with Gasteiger partial charge in [0.2, 0.25) is 0 Å². The number of anilines is 1. The Morgan fingerprint density at radius 1 is 0.970 bits per heavy atom. The van der Waals surface area contributed by atoms with Gasteiger partial charge in [-0.05, 0) is 42.8 Å². The van der Waals surface area contributed by atoms with Crippen molar-refractivity contribution < 1.29 is 14.4 Å². The van der Waals surface area contributed by atoms with Crippen LogP contribution in [0.15, 0.2) is 84.9 Å². The summed E-state index contributed by atoms with van der Waals surface area (Å²) in [7, 11) is 0. The molecule has 33 heavy (non-hydrogen) atoms. The molecule has 0 saturated carbocycles. The van der Waals surface area contributed by atoms with Gasteiger partial charge in [0, 0.05) is 25.9 Å². The first-order chi connectivity index (χ1) is 16.1. The molecule has 2 aliphatic rings. The highest BCUT2D eigenvalue weighted by Crippen LogP contribution is 2.35. The van der Waals surface area contributed by atoms with E-state index in [1.54, 1.807) is 0 Å². The van der Waals surface area contributed by atoms with Gasteiger partial charge in [0.25, 0.3) is 0 Å². The number of carbonyl (C=O) groups excluding carboxylic acids is 1. The lowest BCUT2D eigenvalue weighted by Gasteiger charge is -2.36. The van der Waals surface area contributed by atoms with Crippen LogP contribution < -0.4 is 15.5 Å². The first-order valence-electron chi connectivity index (χ1n) is 11.2. The maximum Gasteiger partial charge on any atom is 0.321 e. The van der Waals surface area contributed by atoms with E-state index in [9.17, 15) is 4.79 Å². The number of nitrogens with zero attached hydrogens (tertiary/aromatic N) is 1. The highest BCUT2D eigenvalue weighted by molar-refractivity contribution is 5.91. The van der Waals surface area contributed by atoms with Gasteiger partial charge in [-0.15, -0.1) is 0 Å². The Labute approximate surface area is 193 Å². The molecule has 6 heteroatoms. The summed E-state index contributed by atoms with van der Waals surface area (Å²) < 4.78 is 5.97. The number of hydrogen-bond acceptors (Lipinski definition) is 4. The monoisotopic (exact) mass is 441 g/mol. The number of benzene rings is 3. The summed E-state index contributed by atoms with van der Waals surface area (Å²) in [6.07, 6.45) is 3.62. The average Bonchev–Trinajstić information content (AvgIpc) is 3.25. The second kappa shape index (κ2) is 9.00. The molecule has 3 aromatic carbocycles. The third-order valence-corrected chi connectivity index (χ3v) is 6.13. The smallest absolute Gasteiger partial charge is 0.321 e. The van der Waals surface area contributed by atoms with Crippen LogP contribution in [0.25, 0.3) is 5.70 Å². The van der Waals surface area contributed by atoms with Crippen LogP contribution in [0, 0.1) is 6.92 Å². The van der Waals surface area contributed by atoms with Crippen LogP contribution in [0.1, 0.15) is 24.0 Å². The molecule has 2 amide bonds. The standard InChI is InChI=1S/C27H27N3O3/c1-20-11-13-21(14-12-20)24-19-27(33-29-24)15-17-30(18-16-27)26(31)28-23-9-5-6-10-25(23)32-22-7-3-2-4-8-22/h2-14,19,29H,15-18H2,1H3,(H,28,31). The quantitative estimate of drug-likeness (QED) is 0.543. The number of rotatable bonds is 4. The van der Waals surface area contributed by atoms with Crippen molar-refractivity contribution in [3.63, 3.8) is 0 Å². The molecule has 0 unspecified atom stereocenters. The lowest BCUT2D eigenvalue weighted by Crippen LogP contribution is -2.48. The number of urea groups is 1. The zero-order chi connectivity index (χ0) is 22.7. The van der Waals surface area contributed by atoms with Gasteiger partial charge in [-0.2, -0.15) is 0 Å². The van der Waals surface area contributed by atoms with Crippen molar-refractivity contribution in [2.24, 2.45) is 0 Å². The fraction of sp³-hybridized carbons (Fsp3) is 0.222. The topological polar surface area (TPSA) is 62.8 Å². The van der Waals surface area contributed by atoms with Crippen LogP contribution in [-0.4, -0.2) is 29.6 Å². The van der Waals surface area contributed by atoms with Crippen molar-refractivity contribution in [3.8, 4) is 11.5 Å². The zero-order valence-corrected chi connectivity index (χ0v) is 18.6. The van der Waals surface area contributed by atoms with Crippen LogP contribution in [0.3, 0.4) is 0 Å². The number of ether oxygens (including phenoxy) is 1. The summed E-state index contributed by atoms with van der Waals surface area (Å²) >= 11 is 0. The largest absolute Gasteiger partial charge is 0.455 e. The summed E-state index contributed by atoms with van der Waals surface area (Å²) in [5, 5.41) is 3.01. The molecule has 1 saturated heterocycles. The van der Waals surface area contributed by atoms with Crippen molar-refractivity contribution in [1.29, 1.82) is 0 Å². The number of nitrogens with one attached hydrogen (secondary N) is 2. The predicted molar refractivity (Wildman–Crippen MR) is 129 cm³/mol. The van der Waals surface area contributed by atoms with Crippen LogP contribution in [-0.2, 0) is 4.84 Å². The van der Waals surface area contributed by atoms with Gasteiger partial charge in [-0.1, -0.05) is 60.2 Å². The molecule has 6 nitrogen and oxygen atoms in total. The minimum absolute atomic E-state index is 0.136. The van der Waals surface area contributed by atoms with Crippen molar-refractivity contribution >= 4 is 17.4 Å². The predicted octanol–water partition coefficient (Wildman–Crippen LogP) is 5.73. The van der Waals surface area contributed by atoms with Crippen LogP contribution >= 0.6 is 0 Å². The molecule has 0 radical (unpaired) electrons. The van der Waals surface area contributed by atoms with Gasteiger partial charge in [-0.25, -0.2) is 4.79 Å². The molecule has 1 spiro atoms. The fourth-order valence-electron chi connectivity index (χ4n) is 4.16. The molecule has 0 atom stereocenters. The second-order valence-corrected chi connectivity index (χ2v) is 8.52. The van der Waals surface area contributed by atoms with Gasteiger partial charge in [-0.3, -0.25) is 10.3 Å². The van der Waals surface area contributed by atoms with Gasteiger partial charge >= 0.3 is 6.03 Å². The zero-order valence-electron chi connectivity index (χ0n) is 18.6. The number of amides is 2. The number of hydroxylamine groups is 1. The van der Waals surface area contributed by atoms with Crippen LogP contribution in [0.5, 0.6) is 11.5 Å². The van der Waals surface area contributed by atoms with E-state index in [1.165, 1.54) is 5.56 Å². The molecule has 3 aromatic rings. The Morgan fingerprint density at radius 3 is 2.42 bits per heavy atom. The minimum atomic E-state index is -0.384. The van der Waals surface area contributed by atoms with Crippen LogP contribution in [0.4, 0.5) is 10.5 Å². The van der Waals surface area contributed by atoms with E-state index in [4.69, 9.17) is 9.57 Å². The molecule has 1 fully saturated rings. The third kappa shape index (κ3) is 4.71. The molecule has 168 valence electrons. The highest BCUT2D eigenvalue weighted by atomic mass is 16.7. The second-order valence-electron chi connectivity index (χ2n) is 8.52. The summed E-state index contributed by atoms with van der Waals surface area (Å²) in [5.74, 6) is 1.33. The van der Waals surface area contributed by atoms with E-state index in [0.29, 0.717) is 24.5 Å². The summed E-state index contributed by atoms with van der Waals surface area (Å²) in [4.78, 5) is 20.8. The Hall–Kier alpha value is -3.77. The first-order valence-corrected chi connectivity index (χ1v) is 11.2. The number of aryl methyl sites for hydroxylation is 1. The highest BCUT2D eigenvalue weighted by Gasteiger charge is 2.40. The Bertz CT molecular complexity index is 1150. The van der Waals surface area contributed by atoms with Crippen molar-refractivity contribution in [2.75, 3.05) is 18.4 Å². The average molecular weight is 442 g/mol. The van der Waals surface area contributed by atoms with E-state index >= 15 is 0 Å². The lowest BCUT2D eigenvalue weighted by molar-refractivity contribution is -0.0634. The van der Waals surface area contributed by atoms with E-state index in [1.807, 2.05) is 59.5 Å². The molecule has 2 heterocycles. The summed E-state index contributed by atoms with van der Waals surface area (Å²) in [6.45, 7) is 3.28. The minimum Gasteiger partial charge on any atom is -0.455 e. The first kappa shape index (κ1) is 21.1.